The molecule has 0 aliphatic carbocycles. The van der Waals surface area contributed by atoms with E-state index < -0.39 is 0 Å². The van der Waals surface area contributed by atoms with E-state index in [9.17, 15) is 4.79 Å². The molecule has 0 radical (unpaired) electrons. The van der Waals surface area contributed by atoms with Crippen molar-refractivity contribution in [1.82, 2.24) is 19.7 Å². The van der Waals surface area contributed by atoms with Crippen LogP contribution < -0.4 is 0 Å². The van der Waals surface area contributed by atoms with E-state index in [1.54, 1.807) is 11.8 Å². The van der Waals surface area contributed by atoms with Gasteiger partial charge in [0, 0.05) is 37.4 Å². The fourth-order valence-electron chi connectivity index (χ4n) is 3.24. The molecule has 0 unspecified atom stereocenters. The first-order valence-electron chi connectivity index (χ1n) is 10.2. The van der Waals surface area contributed by atoms with Crippen LogP contribution in [0.15, 0.2) is 65.8 Å². The zero-order valence-corrected chi connectivity index (χ0v) is 17.9. The van der Waals surface area contributed by atoms with E-state index in [0.717, 1.165) is 48.4 Å². The van der Waals surface area contributed by atoms with Crippen LogP contribution in [0.25, 0.3) is 5.69 Å². The summed E-state index contributed by atoms with van der Waals surface area (Å²) in [5.74, 6) is 1.98. The lowest BCUT2D eigenvalue weighted by atomic mass is 10.1. The number of carbonyl (C=O) groups is 1. The van der Waals surface area contributed by atoms with Gasteiger partial charge in [-0.05, 0) is 38.0 Å². The van der Waals surface area contributed by atoms with Gasteiger partial charge in [0.05, 0.1) is 0 Å². The van der Waals surface area contributed by atoms with Crippen molar-refractivity contribution in [2.24, 2.45) is 0 Å². The molecule has 152 valence electrons. The maximum Gasteiger partial charge on any atom is 0.222 e. The Balaban J connectivity index is 1.71. The summed E-state index contributed by atoms with van der Waals surface area (Å²) in [7, 11) is 0. The average molecular weight is 409 g/mol. The number of nitrogens with zero attached hydrogens (tertiary/aromatic N) is 4. The van der Waals surface area contributed by atoms with Crippen molar-refractivity contribution in [2.75, 3.05) is 18.8 Å². The number of hydrogen-bond acceptors (Lipinski definition) is 4. The minimum atomic E-state index is 0.227. The lowest BCUT2D eigenvalue weighted by molar-refractivity contribution is -0.130. The third-order valence-electron chi connectivity index (χ3n) is 4.80. The molecule has 3 aromatic rings. The molecule has 1 heterocycles. The van der Waals surface area contributed by atoms with Gasteiger partial charge in [0.15, 0.2) is 5.16 Å². The predicted molar refractivity (Wildman–Crippen MR) is 118 cm³/mol. The summed E-state index contributed by atoms with van der Waals surface area (Å²) in [5, 5.41) is 9.80. The number of aromatic nitrogens is 3. The van der Waals surface area contributed by atoms with Crippen molar-refractivity contribution in [1.29, 1.82) is 0 Å². The molecule has 0 saturated carbocycles. The molecular weight excluding hydrogens is 380 g/mol. The molecule has 0 fully saturated rings. The first kappa shape index (κ1) is 21.1. The van der Waals surface area contributed by atoms with Crippen LogP contribution in [0, 0.1) is 0 Å². The molecule has 0 bridgehead atoms. The predicted octanol–water partition coefficient (Wildman–Crippen LogP) is 4.60. The number of benzene rings is 2. The van der Waals surface area contributed by atoms with Crippen molar-refractivity contribution in [3.63, 3.8) is 0 Å². The van der Waals surface area contributed by atoms with E-state index in [1.807, 2.05) is 55.1 Å². The summed E-state index contributed by atoms with van der Waals surface area (Å²) >= 11 is 1.66. The van der Waals surface area contributed by atoms with E-state index in [2.05, 4.69) is 39.0 Å². The molecule has 0 spiro atoms. The van der Waals surface area contributed by atoms with Gasteiger partial charge in [0.1, 0.15) is 5.82 Å². The molecule has 29 heavy (non-hydrogen) atoms. The SMILES string of the molecule is CCN(CC)C(=O)CCCSc1nnc(Cc2ccccc2)n1-c1ccccc1. The number of amides is 1. The Morgan fingerprint density at radius 3 is 2.28 bits per heavy atom. The van der Waals surface area contributed by atoms with Gasteiger partial charge in [0.25, 0.3) is 0 Å². The minimum Gasteiger partial charge on any atom is -0.343 e. The zero-order valence-electron chi connectivity index (χ0n) is 17.1. The van der Waals surface area contributed by atoms with Crippen molar-refractivity contribution in [2.45, 2.75) is 38.3 Å². The second-order valence-electron chi connectivity index (χ2n) is 6.75. The first-order chi connectivity index (χ1) is 14.2. The maximum absolute atomic E-state index is 12.2. The van der Waals surface area contributed by atoms with Crippen LogP contribution in [0.4, 0.5) is 0 Å². The summed E-state index contributed by atoms with van der Waals surface area (Å²) in [5.41, 5.74) is 2.27. The summed E-state index contributed by atoms with van der Waals surface area (Å²) in [6.07, 6.45) is 2.13. The molecule has 5 nitrogen and oxygen atoms in total. The molecule has 6 heteroatoms. The number of rotatable bonds is 10. The Bertz CT molecular complexity index is 892. The highest BCUT2D eigenvalue weighted by Crippen LogP contribution is 2.24. The molecule has 2 aromatic carbocycles. The van der Waals surface area contributed by atoms with Crippen molar-refractivity contribution in [3.05, 3.63) is 72.1 Å². The van der Waals surface area contributed by atoms with Gasteiger partial charge in [-0.25, -0.2) is 0 Å². The first-order valence-corrected chi connectivity index (χ1v) is 11.2. The van der Waals surface area contributed by atoms with Crippen LogP contribution in [0.5, 0.6) is 0 Å². The molecule has 3 rings (SSSR count). The van der Waals surface area contributed by atoms with Crippen LogP contribution in [-0.2, 0) is 11.2 Å². The molecule has 0 saturated heterocycles. The molecule has 0 aliphatic heterocycles. The Labute approximate surface area is 177 Å². The Morgan fingerprint density at radius 2 is 1.62 bits per heavy atom. The van der Waals surface area contributed by atoms with Crippen LogP contribution in [0.3, 0.4) is 0 Å². The monoisotopic (exact) mass is 408 g/mol. The number of thioether (sulfide) groups is 1. The fraction of sp³-hybridized carbons (Fsp3) is 0.348. The number of hydrogen-bond donors (Lipinski definition) is 0. The van der Waals surface area contributed by atoms with Crippen LogP contribution >= 0.6 is 11.8 Å². The highest BCUT2D eigenvalue weighted by atomic mass is 32.2. The van der Waals surface area contributed by atoms with E-state index in [0.29, 0.717) is 6.42 Å². The molecular formula is C23H28N4OS. The topological polar surface area (TPSA) is 51.0 Å². The smallest absolute Gasteiger partial charge is 0.222 e. The van der Waals surface area contributed by atoms with Gasteiger partial charge in [-0.15, -0.1) is 10.2 Å². The summed E-state index contributed by atoms with van der Waals surface area (Å²) in [4.78, 5) is 14.1. The molecule has 0 N–H and O–H groups in total. The van der Waals surface area contributed by atoms with Gasteiger partial charge < -0.3 is 4.90 Å². The zero-order chi connectivity index (χ0) is 20.5. The molecule has 0 aliphatic rings. The lowest BCUT2D eigenvalue weighted by Gasteiger charge is -2.18. The highest BCUT2D eigenvalue weighted by Gasteiger charge is 2.15. The van der Waals surface area contributed by atoms with Crippen LogP contribution in [0.1, 0.15) is 38.1 Å². The van der Waals surface area contributed by atoms with Crippen LogP contribution in [0.2, 0.25) is 0 Å². The second-order valence-corrected chi connectivity index (χ2v) is 7.81. The van der Waals surface area contributed by atoms with Gasteiger partial charge in [-0.2, -0.15) is 0 Å². The Morgan fingerprint density at radius 1 is 0.966 bits per heavy atom. The Hall–Kier alpha value is -2.60. The van der Waals surface area contributed by atoms with Crippen molar-refractivity contribution in [3.8, 4) is 5.69 Å². The van der Waals surface area contributed by atoms with Gasteiger partial charge in [-0.3, -0.25) is 9.36 Å². The van der Waals surface area contributed by atoms with E-state index in [1.165, 1.54) is 5.56 Å². The number of carbonyl (C=O) groups excluding carboxylic acids is 1. The summed E-state index contributed by atoms with van der Waals surface area (Å²) in [6.45, 7) is 5.58. The molecule has 0 atom stereocenters. The highest BCUT2D eigenvalue weighted by molar-refractivity contribution is 7.99. The van der Waals surface area contributed by atoms with Crippen LogP contribution in [-0.4, -0.2) is 44.4 Å². The quantitative estimate of drug-likeness (QED) is 0.363. The third kappa shape index (κ3) is 5.70. The lowest BCUT2D eigenvalue weighted by Crippen LogP contribution is -2.30. The average Bonchev–Trinajstić information content (AvgIpc) is 3.15. The normalized spacial score (nSPS) is 10.8. The fourth-order valence-corrected chi connectivity index (χ4v) is 4.15. The van der Waals surface area contributed by atoms with Crippen molar-refractivity contribution < 1.29 is 4.79 Å². The number of para-hydroxylation sites is 1. The van der Waals surface area contributed by atoms with E-state index >= 15 is 0 Å². The summed E-state index contributed by atoms with van der Waals surface area (Å²) in [6, 6.07) is 20.5. The van der Waals surface area contributed by atoms with Gasteiger partial charge in [-0.1, -0.05) is 60.3 Å². The largest absolute Gasteiger partial charge is 0.343 e. The summed E-state index contributed by atoms with van der Waals surface area (Å²) < 4.78 is 2.13. The molecule has 1 amide bonds. The second kappa shape index (κ2) is 10.8. The van der Waals surface area contributed by atoms with E-state index in [4.69, 9.17) is 0 Å². The minimum absolute atomic E-state index is 0.227. The van der Waals surface area contributed by atoms with Crippen molar-refractivity contribution >= 4 is 17.7 Å². The molecule has 1 aromatic heterocycles. The maximum atomic E-state index is 12.2. The van der Waals surface area contributed by atoms with Gasteiger partial charge in [0.2, 0.25) is 5.91 Å². The standard InChI is InChI=1S/C23H28N4OS/c1-3-26(4-2)22(28)16-11-17-29-23-25-24-21(18-19-12-7-5-8-13-19)27(23)20-14-9-6-10-15-20/h5-10,12-15H,3-4,11,16-18H2,1-2H3. The third-order valence-corrected chi connectivity index (χ3v) is 5.82. The van der Waals surface area contributed by atoms with E-state index in [-0.39, 0.29) is 5.91 Å². The Kier molecular flexibility index (Phi) is 7.87. The van der Waals surface area contributed by atoms with Gasteiger partial charge >= 0.3 is 0 Å².